The van der Waals surface area contributed by atoms with Crippen LogP contribution in [0.3, 0.4) is 0 Å². The van der Waals surface area contributed by atoms with Gasteiger partial charge in [-0.05, 0) is 24.6 Å². The summed E-state index contributed by atoms with van der Waals surface area (Å²) in [7, 11) is 0. The Balaban J connectivity index is 2.66. The fourth-order valence-corrected chi connectivity index (χ4v) is 1.91. The minimum Gasteiger partial charge on any atom is -0.398 e. The van der Waals surface area contributed by atoms with Crippen LogP contribution in [-0.2, 0) is 4.79 Å². The zero-order valence-electron chi connectivity index (χ0n) is 9.84. The number of hydrogen-bond donors (Lipinski definition) is 1. The SMILES string of the molecule is CC(=O)SCCC#Cc1ccc(N)c(C)c1Cl. The highest BCUT2D eigenvalue weighted by molar-refractivity contribution is 8.13. The molecule has 0 fully saturated rings. The van der Waals surface area contributed by atoms with Gasteiger partial charge in [-0.2, -0.15) is 0 Å². The third-order valence-corrected chi connectivity index (χ3v) is 3.49. The lowest BCUT2D eigenvalue weighted by Gasteiger charge is -2.03. The monoisotopic (exact) mass is 267 g/mol. The van der Waals surface area contributed by atoms with Crippen LogP contribution in [0.2, 0.25) is 5.02 Å². The van der Waals surface area contributed by atoms with E-state index in [0.717, 1.165) is 11.1 Å². The second-order valence-corrected chi connectivity index (χ2v) is 5.18. The smallest absolute Gasteiger partial charge is 0.185 e. The Morgan fingerprint density at radius 1 is 1.53 bits per heavy atom. The van der Waals surface area contributed by atoms with Gasteiger partial charge in [0.2, 0.25) is 0 Å². The Morgan fingerprint density at radius 3 is 2.88 bits per heavy atom. The molecular weight excluding hydrogens is 254 g/mol. The lowest BCUT2D eigenvalue weighted by Crippen LogP contribution is -1.92. The quantitative estimate of drug-likeness (QED) is 0.508. The number of nitrogens with two attached hydrogens (primary N) is 1. The lowest BCUT2D eigenvalue weighted by molar-refractivity contribution is -0.109. The first-order chi connectivity index (χ1) is 8.02. The third-order valence-electron chi connectivity index (χ3n) is 2.18. The predicted octanol–water partition coefficient (Wildman–Crippen LogP) is 3.25. The summed E-state index contributed by atoms with van der Waals surface area (Å²) in [6, 6.07) is 3.62. The van der Waals surface area contributed by atoms with Crippen molar-refractivity contribution in [2.45, 2.75) is 20.3 Å². The van der Waals surface area contributed by atoms with E-state index in [1.807, 2.05) is 13.0 Å². The number of carbonyl (C=O) groups is 1. The molecule has 0 atom stereocenters. The summed E-state index contributed by atoms with van der Waals surface area (Å²) in [5.41, 5.74) is 8.04. The van der Waals surface area contributed by atoms with Crippen molar-refractivity contribution in [1.29, 1.82) is 0 Å². The normalized spacial score (nSPS) is 9.59. The van der Waals surface area contributed by atoms with Gasteiger partial charge >= 0.3 is 0 Å². The van der Waals surface area contributed by atoms with E-state index < -0.39 is 0 Å². The molecule has 0 aromatic heterocycles. The van der Waals surface area contributed by atoms with Crippen LogP contribution in [0.25, 0.3) is 0 Å². The molecule has 4 heteroatoms. The highest BCUT2D eigenvalue weighted by atomic mass is 35.5. The first-order valence-corrected chi connectivity index (χ1v) is 6.55. The largest absolute Gasteiger partial charge is 0.398 e. The molecule has 17 heavy (non-hydrogen) atoms. The number of anilines is 1. The van der Waals surface area contributed by atoms with Gasteiger partial charge in [0.25, 0.3) is 0 Å². The minimum absolute atomic E-state index is 0.119. The number of hydrogen-bond acceptors (Lipinski definition) is 3. The Kier molecular flexibility index (Phi) is 5.40. The van der Waals surface area contributed by atoms with E-state index in [9.17, 15) is 4.79 Å². The Bertz CT molecular complexity index is 488. The molecular formula is C13H14ClNOS. The van der Waals surface area contributed by atoms with Crippen LogP contribution in [0.1, 0.15) is 24.5 Å². The van der Waals surface area contributed by atoms with Crippen molar-refractivity contribution in [2.75, 3.05) is 11.5 Å². The summed E-state index contributed by atoms with van der Waals surface area (Å²) in [4.78, 5) is 10.7. The van der Waals surface area contributed by atoms with Gasteiger partial charge in [-0.25, -0.2) is 0 Å². The van der Waals surface area contributed by atoms with Gasteiger partial charge in [0, 0.05) is 30.3 Å². The van der Waals surface area contributed by atoms with Crippen molar-refractivity contribution in [3.8, 4) is 11.8 Å². The number of rotatable bonds is 2. The van der Waals surface area contributed by atoms with Crippen molar-refractivity contribution in [1.82, 2.24) is 0 Å². The van der Waals surface area contributed by atoms with E-state index in [1.165, 1.54) is 11.8 Å². The molecule has 0 aliphatic heterocycles. The average molecular weight is 268 g/mol. The van der Waals surface area contributed by atoms with Gasteiger partial charge in [-0.1, -0.05) is 35.2 Å². The van der Waals surface area contributed by atoms with Crippen LogP contribution in [0, 0.1) is 18.8 Å². The fraction of sp³-hybridized carbons (Fsp3) is 0.308. The number of benzene rings is 1. The van der Waals surface area contributed by atoms with Crippen LogP contribution in [0.5, 0.6) is 0 Å². The molecule has 2 nitrogen and oxygen atoms in total. The molecule has 1 aromatic carbocycles. The minimum atomic E-state index is 0.119. The summed E-state index contributed by atoms with van der Waals surface area (Å²) in [5.74, 6) is 6.70. The molecule has 0 saturated heterocycles. The molecule has 1 aromatic rings. The lowest BCUT2D eigenvalue weighted by atomic mass is 10.1. The fourth-order valence-electron chi connectivity index (χ4n) is 1.20. The van der Waals surface area contributed by atoms with Crippen molar-refractivity contribution >= 4 is 34.2 Å². The van der Waals surface area contributed by atoms with Gasteiger partial charge in [-0.15, -0.1) is 0 Å². The standard InChI is InChI=1S/C13H14ClNOS/c1-9-12(15)7-6-11(13(9)14)5-3-4-8-17-10(2)16/h6-7H,4,8,15H2,1-2H3. The zero-order chi connectivity index (χ0) is 12.8. The maximum atomic E-state index is 10.7. The predicted molar refractivity (Wildman–Crippen MR) is 75.2 cm³/mol. The summed E-state index contributed by atoms with van der Waals surface area (Å²) >= 11 is 7.40. The Labute approximate surface area is 111 Å². The topological polar surface area (TPSA) is 43.1 Å². The van der Waals surface area contributed by atoms with Crippen molar-refractivity contribution in [2.24, 2.45) is 0 Å². The zero-order valence-corrected chi connectivity index (χ0v) is 11.4. The van der Waals surface area contributed by atoms with E-state index >= 15 is 0 Å². The highest BCUT2D eigenvalue weighted by Crippen LogP contribution is 2.24. The molecule has 0 heterocycles. The van der Waals surface area contributed by atoms with E-state index in [2.05, 4.69) is 11.8 Å². The molecule has 0 amide bonds. The van der Waals surface area contributed by atoms with E-state index in [-0.39, 0.29) is 5.12 Å². The highest BCUT2D eigenvalue weighted by Gasteiger charge is 2.03. The van der Waals surface area contributed by atoms with Crippen LogP contribution >= 0.6 is 23.4 Å². The second-order valence-electron chi connectivity index (χ2n) is 3.53. The molecule has 90 valence electrons. The van der Waals surface area contributed by atoms with Crippen molar-refractivity contribution < 1.29 is 4.79 Å². The van der Waals surface area contributed by atoms with E-state index in [4.69, 9.17) is 17.3 Å². The maximum Gasteiger partial charge on any atom is 0.185 e. The molecule has 1 rings (SSSR count). The first-order valence-electron chi connectivity index (χ1n) is 5.19. The van der Waals surface area contributed by atoms with Gasteiger partial charge in [-0.3, -0.25) is 4.79 Å². The summed E-state index contributed by atoms with van der Waals surface area (Å²) in [6.45, 7) is 3.42. The molecule has 0 unspecified atom stereocenters. The van der Waals surface area contributed by atoms with Gasteiger partial charge in [0.05, 0.1) is 5.02 Å². The summed E-state index contributed by atoms with van der Waals surface area (Å²) in [6.07, 6.45) is 0.671. The molecule has 0 saturated carbocycles. The second kappa shape index (κ2) is 6.58. The summed E-state index contributed by atoms with van der Waals surface area (Å²) in [5, 5.41) is 0.727. The van der Waals surface area contributed by atoms with Crippen molar-refractivity contribution in [3.63, 3.8) is 0 Å². The molecule has 0 aliphatic rings. The number of thioether (sulfide) groups is 1. The van der Waals surface area contributed by atoms with Gasteiger partial charge in [0.1, 0.15) is 0 Å². The van der Waals surface area contributed by atoms with Gasteiger partial charge < -0.3 is 5.73 Å². The number of carbonyl (C=O) groups excluding carboxylic acids is 1. The van der Waals surface area contributed by atoms with E-state index in [1.54, 1.807) is 13.0 Å². The molecule has 2 N–H and O–H groups in total. The average Bonchev–Trinajstić information content (AvgIpc) is 2.28. The number of halogens is 1. The molecule has 0 aliphatic carbocycles. The Hall–Kier alpha value is -1.11. The van der Waals surface area contributed by atoms with Gasteiger partial charge in [0.15, 0.2) is 5.12 Å². The third kappa shape index (κ3) is 4.33. The van der Waals surface area contributed by atoms with Crippen LogP contribution in [0.4, 0.5) is 5.69 Å². The number of nitrogen functional groups attached to an aromatic ring is 1. The van der Waals surface area contributed by atoms with Crippen molar-refractivity contribution in [3.05, 3.63) is 28.3 Å². The molecule has 0 spiro atoms. The van der Waals surface area contributed by atoms with Crippen LogP contribution in [0.15, 0.2) is 12.1 Å². The molecule has 0 radical (unpaired) electrons. The van der Waals surface area contributed by atoms with Crippen LogP contribution < -0.4 is 5.73 Å². The Morgan fingerprint density at radius 2 is 2.24 bits per heavy atom. The van der Waals surface area contributed by atoms with E-state index in [0.29, 0.717) is 22.9 Å². The summed E-state index contributed by atoms with van der Waals surface area (Å²) < 4.78 is 0. The maximum absolute atomic E-state index is 10.7. The van der Waals surface area contributed by atoms with Crippen LogP contribution in [-0.4, -0.2) is 10.9 Å². The first kappa shape index (κ1) is 14.0. The molecule has 0 bridgehead atoms.